The first kappa shape index (κ1) is 16.1. The number of methoxy groups -OCH3 is 1. The van der Waals surface area contributed by atoms with Crippen LogP contribution in [0, 0.1) is 0 Å². The molecule has 0 saturated carbocycles. The summed E-state index contributed by atoms with van der Waals surface area (Å²) in [6, 6.07) is 6.45. The Labute approximate surface area is 118 Å². The first-order chi connectivity index (χ1) is 9.38. The molecule has 0 heterocycles. The molecular weight excluding hydrogens is 260 g/mol. The second kappa shape index (κ2) is 7.02. The molecule has 6 heteroatoms. The van der Waals surface area contributed by atoms with Crippen molar-refractivity contribution in [3.8, 4) is 0 Å². The van der Waals surface area contributed by atoms with Crippen LogP contribution in [-0.2, 0) is 9.53 Å². The summed E-state index contributed by atoms with van der Waals surface area (Å²) in [6.45, 7) is 3.91. The van der Waals surface area contributed by atoms with E-state index in [9.17, 15) is 9.59 Å². The van der Waals surface area contributed by atoms with Gasteiger partial charge in [0, 0.05) is 5.69 Å². The normalized spacial score (nSPS) is 11.0. The van der Waals surface area contributed by atoms with Crippen LogP contribution in [0.1, 0.15) is 24.2 Å². The second-order valence-corrected chi connectivity index (χ2v) is 5.17. The molecule has 0 saturated heterocycles. The molecule has 0 aliphatic heterocycles. The number of rotatable bonds is 6. The minimum atomic E-state index is -0.416. The highest BCUT2D eigenvalue weighted by Crippen LogP contribution is 2.10. The van der Waals surface area contributed by atoms with Crippen molar-refractivity contribution >= 4 is 17.6 Å². The number of esters is 1. The van der Waals surface area contributed by atoms with Crippen LogP contribution in [0.5, 0.6) is 0 Å². The highest BCUT2D eigenvalue weighted by molar-refractivity contribution is 5.93. The lowest BCUT2D eigenvalue weighted by Crippen LogP contribution is -2.97. The average molecular weight is 281 g/mol. The van der Waals surface area contributed by atoms with Crippen LogP contribution >= 0.6 is 0 Å². The van der Waals surface area contributed by atoms with Crippen LogP contribution in [0.2, 0.25) is 0 Å². The summed E-state index contributed by atoms with van der Waals surface area (Å²) in [7, 11) is 1.32. The first-order valence-corrected chi connectivity index (χ1v) is 6.31. The monoisotopic (exact) mass is 281 g/mol. The standard InChI is InChI=1S/C14H20N2O4/c1-14(2,9-17)15-8-12(18)16-11-6-4-10(5-7-11)13(19)20-3/h4-7,15,17H,8-9H2,1-3H3,(H,16,18)/p+1. The largest absolute Gasteiger partial charge is 0.465 e. The van der Waals surface area contributed by atoms with Crippen molar-refractivity contribution in [2.75, 3.05) is 25.6 Å². The topological polar surface area (TPSA) is 92.2 Å². The molecule has 4 N–H and O–H groups in total. The smallest absolute Gasteiger partial charge is 0.337 e. The molecular formula is C14H21N2O4+. The van der Waals surface area contributed by atoms with Gasteiger partial charge in [0.2, 0.25) is 0 Å². The molecule has 1 aromatic carbocycles. The van der Waals surface area contributed by atoms with E-state index in [4.69, 9.17) is 5.11 Å². The Bertz CT molecular complexity index is 469. The number of ether oxygens (including phenoxy) is 1. The number of nitrogens with one attached hydrogen (secondary N) is 1. The van der Waals surface area contributed by atoms with Gasteiger partial charge >= 0.3 is 5.97 Å². The van der Waals surface area contributed by atoms with Crippen molar-refractivity contribution in [2.24, 2.45) is 0 Å². The number of hydrogen-bond acceptors (Lipinski definition) is 4. The lowest BCUT2D eigenvalue weighted by molar-refractivity contribution is -0.712. The minimum absolute atomic E-state index is 0.00585. The van der Waals surface area contributed by atoms with Crippen molar-refractivity contribution in [3.05, 3.63) is 29.8 Å². The Morgan fingerprint density at radius 3 is 2.40 bits per heavy atom. The molecule has 0 aromatic heterocycles. The number of aliphatic hydroxyl groups is 1. The van der Waals surface area contributed by atoms with Gasteiger partial charge in [-0.25, -0.2) is 4.79 Å². The van der Waals surface area contributed by atoms with Crippen LogP contribution < -0.4 is 10.6 Å². The number of benzene rings is 1. The number of carbonyl (C=O) groups excluding carboxylic acids is 2. The van der Waals surface area contributed by atoms with Gasteiger partial charge < -0.3 is 20.5 Å². The van der Waals surface area contributed by atoms with Crippen LogP contribution in [0.15, 0.2) is 24.3 Å². The lowest BCUT2D eigenvalue weighted by atomic mass is 10.1. The van der Waals surface area contributed by atoms with Gasteiger partial charge in [-0.3, -0.25) is 4.79 Å². The van der Waals surface area contributed by atoms with E-state index in [2.05, 4.69) is 10.1 Å². The Morgan fingerprint density at radius 1 is 1.30 bits per heavy atom. The highest BCUT2D eigenvalue weighted by atomic mass is 16.5. The third kappa shape index (κ3) is 4.99. The Hall–Kier alpha value is -1.92. The Kier molecular flexibility index (Phi) is 5.66. The molecule has 0 aliphatic carbocycles. The predicted octanol–water partition coefficient (Wildman–Crippen LogP) is -0.254. The second-order valence-electron chi connectivity index (χ2n) is 5.17. The first-order valence-electron chi connectivity index (χ1n) is 6.31. The number of hydrogen-bond donors (Lipinski definition) is 3. The van der Waals surface area contributed by atoms with Gasteiger partial charge in [0.15, 0.2) is 6.54 Å². The van der Waals surface area contributed by atoms with Crippen LogP contribution in [0.4, 0.5) is 5.69 Å². The van der Waals surface area contributed by atoms with E-state index in [1.807, 2.05) is 13.8 Å². The van der Waals surface area contributed by atoms with Gasteiger partial charge in [-0.05, 0) is 38.1 Å². The van der Waals surface area contributed by atoms with E-state index in [0.717, 1.165) is 0 Å². The van der Waals surface area contributed by atoms with Crippen molar-refractivity contribution < 1.29 is 24.7 Å². The van der Waals surface area contributed by atoms with Crippen LogP contribution in [0.3, 0.4) is 0 Å². The number of carbonyl (C=O) groups is 2. The number of amides is 1. The van der Waals surface area contributed by atoms with Gasteiger partial charge in [0.05, 0.1) is 19.3 Å². The molecule has 0 unspecified atom stereocenters. The lowest BCUT2D eigenvalue weighted by Gasteiger charge is -2.19. The number of anilines is 1. The molecule has 110 valence electrons. The van der Waals surface area contributed by atoms with E-state index in [-0.39, 0.29) is 24.6 Å². The zero-order chi connectivity index (χ0) is 15.2. The quantitative estimate of drug-likeness (QED) is 0.627. The Balaban J connectivity index is 2.52. The molecule has 0 atom stereocenters. The van der Waals surface area contributed by atoms with E-state index in [0.29, 0.717) is 11.3 Å². The maximum Gasteiger partial charge on any atom is 0.337 e. The fourth-order valence-corrected chi connectivity index (χ4v) is 1.45. The summed E-state index contributed by atoms with van der Waals surface area (Å²) in [5, 5.41) is 13.6. The van der Waals surface area contributed by atoms with Crippen LogP contribution in [-0.4, -0.2) is 42.8 Å². The maximum absolute atomic E-state index is 11.7. The molecule has 0 radical (unpaired) electrons. The molecule has 0 bridgehead atoms. The summed E-state index contributed by atoms with van der Waals surface area (Å²) >= 11 is 0. The number of nitrogens with two attached hydrogens (primary N) is 1. The summed E-state index contributed by atoms with van der Waals surface area (Å²) in [6.07, 6.45) is 0. The minimum Gasteiger partial charge on any atom is -0.465 e. The molecule has 20 heavy (non-hydrogen) atoms. The Morgan fingerprint density at radius 2 is 1.90 bits per heavy atom. The molecule has 0 spiro atoms. The van der Waals surface area contributed by atoms with E-state index >= 15 is 0 Å². The van der Waals surface area contributed by atoms with Crippen molar-refractivity contribution in [1.82, 2.24) is 0 Å². The third-order valence-electron chi connectivity index (χ3n) is 2.84. The van der Waals surface area contributed by atoms with Gasteiger partial charge in [-0.2, -0.15) is 0 Å². The van der Waals surface area contributed by atoms with Crippen molar-refractivity contribution in [1.29, 1.82) is 0 Å². The zero-order valence-electron chi connectivity index (χ0n) is 12.0. The fraction of sp³-hybridized carbons (Fsp3) is 0.429. The highest BCUT2D eigenvalue weighted by Gasteiger charge is 2.21. The predicted molar refractivity (Wildman–Crippen MR) is 74.4 cm³/mol. The molecule has 0 aliphatic rings. The van der Waals surface area contributed by atoms with Crippen molar-refractivity contribution in [2.45, 2.75) is 19.4 Å². The summed E-state index contributed by atoms with van der Waals surface area (Å²) in [5.74, 6) is -0.585. The summed E-state index contributed by atoms with van der Waals surface area (Å²) in [4.78, 5) is 23.0. The van der Waals surface area contributed by atoms with Crippen LogP contribution in [0.25, 0.3) is 0 Å². The van der Waals surface area contributed by atoms with E-state index in [1.54, 1.807) is 29.6 Å². The van der Waals surface area contributed by atoms with E-state index < -0.39 is 5.97 Å². The molecule has 1 amide bonds. The maximum atomic E-state index is 11.7. The van der Waals surface area contributed by atoms with Crippen molar-refractivity contribution in [3.63, 3.8) is 0 Å². The third-order valence-corrected chi connectivity index (χ3v) is 2.84. The molecule has 1 rings (SSSR count). The summed E-state index contributed by atoms with van der Waals surface area (Å²) < 4.78 is 4.59. The SMILES string of the molecule is COC(=O)c1ccc(NC(=O)C[NH2+]C(C)(C)CO)cc1. The van der Waals surface area contributed by atoms with Gasteiger partial charge in [-0.1, -0.05) is 0 Å². The zero-order valence-corrected chi connectivity index (χ0v) is 12.0. The summed E-state index contributed by atoms with van der Waals surface area (Å²) in [5.41, 5.74) is 0.655. The number of aliphatic hydroxyl groups excluding tert-OH is 1. The average Bonchev–Trinajstić information content (AvgIpc) is 2.45. The molecule has 0 fully saturated rings. The van der Waals surface area contributed by atoms with Gasteiger partial charge in [0.25, 0.3) is 5.91 Å². The molecule has 6 nitrogen and oxygen atoms in total. The number of quaternary nitrogens is 1. The fourth-order valence-electron chi connectivity index (χ4n) is 1.45. The molecule has 1 aromatic rings. The van der Waals surface area contributed by atoms with E-state index in [1.165, 1.54) is 7.11 Å². The van der Waals surface area contributed by atoms with Gasteiger partial charge in [0.1, 0.15) is 5.54 Å². The van der Waals surface area contributed by atoms with Gasteiger partial charge in [-0.15, -0.1) is 0 Å².